The number of carbonyl (C=O) groups excluding carboxylic acids is 1. The molecule has 0 fully saturated rings. The fourth-order valence-electron chi connectivity index (χ4n) is 2.27. The van der Waals surface area contributed by atoms with Crippen molar-refractivity contribution in [3.63, 3.8) is 0 Å². The largest absolute Gasteiger partial charge is 0.504 e. The van der Waals surface area contributed by atoms with E-state index in [4.69, 9.17) is 4.74 Å². The minimum absolute atomic E-state index is 0.0425. The lowest BCUT2D eigenvalue weighted by Gasteiger charge is -2.15. The van der Waals surface area contributed by atoms with Gasteiger partial charge in [0.2, 0.25) is 0 Å². The van der Waals surface area contributed by atoms with Gasteiger partial charge >= 0.3 is 0 Å². The number of hydrazone groups is 1. The number of anilines is 1. The number of aromatic hydroxyl groups is 1. The maximum absolute atomic E-state index is 12.1. The summed E-state index contributed by atoms with van der Waals surface area (Å²) in [6.07, 6.45) is 1.11. The molecule has 2 aromatic rings. The summed E-state index contributed by atoms with van der Waals surface area (Å²) in [4.78, 5) is 22.5. The van der Waals surface area contributed by atoms with Crippen molar-refractivity contribution in [2.24, 2.45) is 5.10 Å². The number of nitro groups is 1. The molecule has 0 saturated carbocycles. The Hall–Kier alpha value is -3.62. The highest BCUT2D eigenvalue weighted by Gasteiger charge is 2.16. The number of rotatable bonds is 7. The molecule has 0 heterocycles. The van der Waals surface area contributed by atoms with Crippen LogP contribution in [-0.4, -0.2) is 35.3 Å². The average Bonchev–Trinajstić information content (AvgIpc) is 2.64. The molecule has 1 amide bonds. The Morgan fingerprint density at radius 3 is 2.70 bits per heavy atom. The summed E-state index contributed by atoms with van der Waals surface area (Å²) in [6.45, 7) is 3.59. The van der Waals surface area contributed by atoms with Crippen LogP contribution in [0.2, 0.25) is 0 Å². The molecule has 0 radical (unpaired) electrons. The number of para-hydroxylation sites is 1. The number of benzene rings is 2. The molecule has 2 rings (SSSR count). The van der Waals surface area contributed by atoms with E-state index in [1.807, 2.05) is 31.2 Å². The Labute approximate surface area is 155 Å². The zero-order chi connectivity index (χ0) is 20.0. The van der Waals surface area contributed by atoms with Crippen molar-refractivity contribution in [3.8, 4) is 11.5 Å². The summed E-state index contributed by atoms with van der Waals surface area (Å²) >= 11 is 0. The van der Waals surface area contributed by atoms with E-state index in [-0.39, 0.29) is 22.7 Å². The van der Waals surface area contributed by atoms with Gasteiger partial charge in [0.1, 0.15) is 6.04 Å². The average molecular weight is 372 g/mol. The van der Waals surface area contributed by atoms with Crippen LogP contribution in [0.4, 0.5) is 11.4 Å². The molecule has 9 nitrogen and oxygen atoms in total. The first-order valence-corrected chi connectivity index (χ1v) is 8.04. The molecule has 3 N–H and O–H groups in total. The van der Waals surface area contributed by atoms with E-state index in [2.05, 4.69) is 15.8 Å². The Bertz CT molecular complexity index is 882. The van der Waals surface area contributed by atoms with Crippen molar-refractivity contribution in [2.75, 3.05) is 12.4 Å². The molecule has 1 atom stereocenters. The standard InChI is InChI=1S/C18H20N4O5/c1-11-6-4-5-7-15(11)20-12(2)18(24)21-19-10-13-8-14(22(25)26)9-16(27-3)17(13)23/h4-10,12,20,23H,1-3H3,(H,21,24)/b19-10-/t12-/m1/s1. The lowest BCUT2D eigenvalue weighted by molar-refractivity contribution is -0.385. The van der Waals surface area contributed by atoms with E-state index in [0.717, 1.165) is 29.6 Å². The molecule has 0 aliphatic heterocycles. The molecule has 142 valence electrons. The number of ether oxygens (including phenoxy) is 1. The lowest BCUT2D eigenvalue weighted by Crippen LogP contribution is -2.35. The van der Waals surface area contributed by atoms with Gasteiger partial charge in [-0.05, 0) is 25.5 Å². The Balaban J connectivity index is 2.08. The van der Waals surface area contributed by atoms with Gasteiger partial charge in [-0.15, -0.1) is 0 Å². The van der Waals surface area contributed by atoms with E-state index in [9.17, 15) is 20.0 Å². The van der Waals surface area contributed by atoms with Crippen molar-refractivity contribution in [1.29, 1.82) is 0 Å². The van der Waals surface area contributed by atoms with E-state index in [1.165, 1.54) is 7.11 Å². The van der Waals surface area contributed by atoms with Crippen molar-refractivity contribution in [3.05, 3.63) is 57.6 Å². The second-order valence-corrected chi connectivity index (χ2v) is 5.76. The maximum Gasteiger partial charge on any atom is 0.274 e. The number of hydrogen-bond donors (Lipinski definition) is 3. The third-order valence-corrected chi connectivity index (χ3v) is 3.81. The number of hydrogen-bond acceptors (Lipinski definition) is 7. The SMILES string of the molecule is COc1cc([N+](=O)[O-])cc(/C=N\NC(=O)[C@@H](C)Nc2ccccc2C)c1O. The van der Waals surface area contributed by atoms with Gasteiger partial charge in [0, 0.05) is 17.3 Å². The second-order valence-electron chi connectivity index (χ2n) is 5.76. The number of nitrogens with one attached hydrogen (secondary N) is 2. The van der Waals surface area contributed by atoms with Gasteiger partial charge < -0.3 is 15.2 Å². The van der Waals surface area contributed by atoms with Crippen LogP contribution < -0.4 is 15.5 Å². The van der Waals surface area contributed by atoms with Crippen LogP contribution in [0.15, 0.2) is 41.5 Å². The van der Waals surface area contributed by atoms with Crippen molar-refractivity contribution >= 4 is 23.5 Å². The summed E-state index contributed by atoms with van der Waals surface area (Å²) in [7, 11) is 1.28. The molecule has 0 saturated heterocycles. The Kier molecular flexibility index (Phi) is 6.32. The summed E-state index contributed by atoms with van der Waals surface area (Å²) in [6, 6.07) is 9.18. The van der Waals surface area contributed by atoms with Crippen molar-refractivity contribution < 1.29 is 19.6 Å². The molecule has 0 spiro atoms. The number of amides is 1. The van der Waals surface area contributed by atoms with Crippen molar-refractivity contribution in [1.82, 2.24) is 5.43 Å². The number of non-ortho nitro benzene ring substituents is 1. The van der Waals surface area contributed by atoms with Crippen LogP contribution >= 0.6 is 0 Å². The van der Waals surface area contributed by atoms with Gasteiger partial charge in [-0.3, -0.25) is 14.9 Å². The summed E-state index contributed by atoms with van der Waals surface area (Å²) < 4.78 is 4.91. The predicted octanol–water partition coefficient (Wildman–Crippen LogP) is 2.57. The second kappa shape index (κ2) is 8.65. The van der Waals surface area contributed by atoms with Crippen LogP contribution in [-0.2, 0) is 4.79 Å². The number of phenolic OH excluding ortho intramolecular Hbond substituents is 1. The highest BCUT2D eigenvalue weighted by molar-refractivity contribution is 5.89. The van der Waals surface area contributed by atoms with E-state index in [1.54, 1.807) is 6.92 Å². The van der Waals surface area contributed by atoms with Gasteiger partial charge in [-0.1, -0.05) is 18.2 Å². The molecule has 0 bridgehead atoms. The number of carbonyl (C=O) groups is 1. The predicted molar refractivity (Wildman–Crippen MR) is 101 cm³/mol. The van der Waals surface area contributed by atoms with Gasteiger partial charge in [-0.25, -0.2) is 5.43 Å². The van der Waals surface area contributed by atoms with Crippen LogP contribution in [0, 0.1) is 17.0 Å². The first-order valence-electron chi connectivity index (χ1n) is 8.04. The molecular formula is C18H20N4O5. The molecule has 9 heteroatoms. The smallest absolute Gasteiger partial charge is 0.274 e. The van der Waals surface area contributed by atoms with Gasteiger partial charge in [-0.2, -0.15) is 5.10 Å². The minimum Gasteiger partial charge on any atom is -0.504 e. The number of aryl methyl sites for hydroxylation is 1. The van der Waals surface area contributed by atoms with Gasteiger partial charge in [0.15, 0.2) is 11.5 Å². The fourth-order valence-corrected chi connectivity index (χ4v) is 2.27. The maximum atomic E-state index is 12.1. The van der Waals surface area contributed by atoms with E-state index >= 15 is 0 Å². The summed E-state index contributed by atoms with van der Waals surface area (Å²) in [5, 5.41) is 27.8. The molecule has 0 aromatic heterocycles. The third kappa shape index (κ3) is 4.94. The Morgan fingerprint density at radius 1 is 1.37 bits per heavy atom. The third-order valence-electron chi connectivity index (χ3n) is 3.81. The number of nitrogens with zero attached hydrogens (tertiary/aromatic N) is 2. The van der Waals surface area contributed by atoms with Crippen molar-refractivity contribution in [2.45, 2.75) is 19.9 Å². The quantitative estimate of drug-likeness (QED) is 0.389. The number of phenols is 1. The molecule has 0 aliphatic rings. The van der Waals surface area contributed by atoms with E-state index < -0.39 is 16.9 Å². The molecule has 2 aromatic carbocycles. The van der Waals surface area contributed by atoms with Crippen LogP contribution in [0.3, 0.4) is 0 Å². The fraction of sp³-hybridized carbons (Fsp3) is 0.222. The lowest BCUT2D eigenvalue weighted by atomic mass is 10.1. The first-order chi connectivity index (χ1) is 12.8. The monoisotopic (exact) mass is 372 g/mol. The molecule has 27 heavy (non-hydrogen) atoms. The van der Waals surface area contributed by atoms with Gasteiger partial charge in [0.25, 0.3) is 11.6 Å². The number of methoxy groups -OCH3 is 1. The zero-order valence-electron chi connectivity index (χ0n) is 15.1. The minimum atomic E-state index is -0.619. The molecule has 0 aliphatic carbocycles. The van der Waals surface area contributed by atoms with Crippen LogP contribution in [0.5, 0.6) is 11.5 Å². The zero-order valence-corrected chi connectivity index (χ0v) is 15.1. The number of nitro benzene ring substituents is 1. The van der Waals surface area contributed by atoms with Crippen LogP contribution in [0.1, 0.15) is 18.1 Å². The summed E-state index contributed by atoms with van der Waals surface area (Å²) in [5.74, 6) is -0.787. The summed E-state index contributed by atoms with van der Waals surface area (Å²) in [5.41, 5.74) is 3.92. The highest BCUT2D eigenvalue weighted by atomic mass is 16.6. The van der Waals surface area contributed by atoms with Gasteiger partial charge in [0.05, 0.1) is 24.3 Å². The van der Waals surface area contributed by atoms with E-state index in [0.29, 0.717) is 0 Å². The molecular weight excluding hydrogens is 352 g/mol. The van der Waals surface area contributed by atoms with Crippen LogP contribution in [0.25, 0.3) is 0 Å². The Morgan fingerprint density at radius 2 is 2.07 bits per heavy atom. The highest BCUT2D eigenvalue weighted by Crippen LogP contribution is 2.33. The first kappa shape index (κ1) is 19.7. The molecule has 0 unspecified atom stereocenters. The normalized spacial score (nSPS) is 11.8. The topological polar surface area (TPSA) is 126 Å².